The highest BCUT2D eigenvalue weighted by molar-refractivity contribution is 5.71. The van der Waals surface area contributed by atoms with Crippen LogP contribution in [0.2, 0.25) is 0 Å². The Kier molecular flexibility index (Phi) is 69.0. The standard InChI is InChI=1S/C75H144O6/c1-4-7-10-13-16-19-22-24-26-28-30-31-32-33-34-35-36-37-38-39-40-41-42-43-44-45-47-48-50-53-56-59-62-65-68-74(77)80-71-72(70-79-73(76)67-64-61-58-55-52-21-18-15-12-9-6-3)81-75(78)69-66-63-60-57-54-51-49-46-29-27-25-23-20-17-14-11-8-5-2/h15,18,72H,4-14,16-17,19-71H2,1-3H3/b18-15-. The minimum absolute atomic E-state index is 0.0659. The summed E-state index contributed by atoms with van der Waals surface area (Å²) >= 11 is 0. The Labute approximate surface area is 507 Å². The number of hydrogen-bond acceptors (Lipinski definition) is 6. The summed E-state index contributed by atoms with van der Waals surface area (Å²) in [4.78, 5) is 38.3. The minimum Gasteiger partial charge on any atom is -0.462 e. The number of carbonyl (C=O) groups is 3. The van der Waals surface area contributed by atoms with Crippen LogP contribution in [0, 0.1) is 0 Å². The number of ether oxygens (including phenoxy) is 3. The molecule has 0 aromatic heterocycles. The number of esters is 3. The summed E-state index contributed by atoms with van der Waals surface area (Å²) in [6.07, 6.45) is 85.7. The molecule has 0 rings (SSSR count). The summed E-state index contributed by atoms with van der Waals surface area (Å²) in [5.74, 6) is -0.843. The second kappa shape index (κ2) is 70.6. The zero-order valence-electron chi connectivity index (χ0n) is 55.4. The lowest BCUT2D eigenvalue weighted by molar-refractivity contribution is -0.167. The van der Waals surface area contributed by atoms with Crippen LogP contribution in [0.15, 0.2) is 12.2 Å². The van der Waals surface area contributed by atoms with E-state index in [9.17, 15) is 14.4 Å². The van der Waals surface area contributed by atoms with Crippen LogP contribution in [0.5, 0.6) is 0 Å². The predicted octanol–water partition coefficient (Wildman–Crippen LogP) is 25.6. The molecule has 0 radical (unpaired) electrons. The predicted molar refractivity (Wildman–Crippen MR) is 353 cm³/mol. The molecular formula is C75H144O6. The summed E-state index contributed by atoms with van der Waals surface area (Å²) in [6, 6.07) is 0. The van der Waals surface area contributed by atoms with Crippen molar-refractivity contribution >= 4 is 17.9 Å². The highest BCUT2D eigenvalue weighted by atomic mass is 16.6. The van der Waals surface area contributed by atoms with Gasteiger partial charge in [-0.2, -0.15) is 0 Å². The van der Waals surface area contributed by atoms with Crippen molar-refractivity contribution in [2.45, 2.75) is 438 Å². The van der Waals surface area contributed by atoms with E-state index >= 15 is 0 Å². The zero-order chi connectivity index (χ0) is 58.5. The van der Waals surface area contributed by atoms with Crippen molar-refractivity contribution in [2.24, 2.45) is 0 Å². The van der Waals surface area contributed by atoms with E-state index in [0.717, 1.165) is 64.2 Å². The van der Waals surface area contributed by atoms with Crippen LogP contribution < -0.4 is 0 Å². The van der Waals surface area contributed by atoms with E-state index in [4.69, 9.17) is 14.2 Å². The molecule has 0 aromatic rings. The SMILES string of the molecule is CCCC/C=C\CCCCCCCC(=O)OCC(COC(=O)CCCCCCCCCCCCCCCCCCCCCCCCCCCCCCCCCCCC)OC(=O)CCCCCCCCCCCCCCCCCCCC. The summed E-state index contributed by atoms with van der Waals surface area (Å²) in [6.45, 7) is 6.68. The van der Waals surface area contributed by atoms with Crippen molar-refractivity contribution in [3.8, 4) is 0 Å². The van der Waals surface area contributed by atoms with Crippen LogP contribution in [0.25, 0.3) is 0 Å². The first-order valence-electron chi connectivity index (χ1n) is 37.2. The average Bonchev–Trinajstić information content (AvgIpc) is 3.47. The molecule has 1 atom stereocenters. The topological polar surface area (TPSA) is 78.9 Å². The molecule has 0 N–H and O–H groups in total. The van der Waals surface area contributed by atoms with Crippen molar-refractivity contribution in [1.82, 2.24) is 0 Å². The molecule has 1 unspecified atom stereocenters. The highest BCUT2D eigenvalue weighted by Gasteiger charge is 2.20. The lowest BCUT2D eigenvalue weighted by atomic mass is 10.0. The van der Waals surface area contributed by atoms with Gasteiger partial charge in [0, 0.05) is 19.3 Å². The lowest BCUT2D eigenvalue weighted by Crippen LogP contribution is -2.30. The van der Waals surface area contributed by atoms with Crippen molar-refractivity contribution in [3.63, 3.8) is 0 Å². The van der Waals surface area contributed by atoms with Gasteiger partial charge in [-0.25, -0.2) is 0 Å². The van der Waals surface area contributed by atoms with Gasteiger partial charge in [-0.1, -0.05) is 386 Å². The molecule has 0 amide bonds. The van der Waals surface area contributed by atoms with E-state index in [-0.39, 0.29) is 31.1 Å². The third-order valence-corrected chi connectivity index (χ3v) is 17.3. The molecule has 6 nitrogen and oxygen atoms in total. The molecule has 6 heteroatoms. The maximum absolute atomic E-state index is 12.9. The van der Waals surface area contributed by atoms with Crippen LogP contribution in [-0.2, 0) is 28.6 Å². The number of allylic oxidation sites excluding steroid dienone is 2. The van der Waals surface area contributed by atoms with Gasteiger partial charge in [0.15, 0.2) is 6.10 Å². The van der Waals surface area contributed by atoms with Crippen molar-refractivity contribution in [1.29, 1.82) is 0 Å². The van der Waals surface area contributed by atoms with Gasteiger partial charge >= 0.3 is 17.9 Å². The molecule has 0 saturated carbocycles. The van der Waals surface area contributed by atoms with Crippen LogP contribution in [0.1, 0.15) is 432 Å². The van der Waals surface area contributed by atoms with Crippen molar-refractivity contribution in [2.75, 3.05) is 13.2 Å². The molecule has 0 bridgehead atoms. The number of carbonyl (C=O) groups excluding carboxylic acids is 3. The third kappa shape index (κ3) is 68.8. The fraction of sp³-hybridized carbons (Fsp3) is 0.933. The molecule has 0 aromatic carbocycles. The molecule has 0 fully saturated rings. The molecule has 0 aliphatic rings. The van der Waals surface area contributed by atoms with E-state index in [0.29, 0.717) is 19.3 Å². The maximum atomic E-state index is 12.9. The molecular weight excluding hydrogens is 997 g/mol. The largest absolute Gasteiger partial charge is 0.462 e. The van der Waals surface area contributed by atoms with E-state index in [1.54, 1.807) is 0 Å². The molecule has 0 spiro atoms. The Morgan fingerprint density at radius 3 is 0.654 bits per heavy atom. The summed E-state index contributed by atoms with van der Waals surface area (Å²) in [7, 11) is 0. The van der Waals surface area contributed by atoms with Gasteiger partial charge < -0.3 is 14.2 Å². The van der Waals surface area contributed by atoms with Gasteiger partial charge in [-0.3, -0.25) is 14.4 Å². The van der Waals surface area contributed by atoms with Gasteiger partial charge in [0.05, 0.1) is 0 Å². The van der Waals surface area contributed by atoms with Crippen molar-refractivity contribution < 1.29 is 28.6 Å². The van der Waals surface area contributed by atoms with Crippen LogP contribution in [-0.4, -0.2) is 37.2 Å². The first-order chi connectivity index (χ1) is 40.0. The molecule has 0 heterocycles. The molecule has 0 saturated heterocycles. The van der Waals surface area contributed by atoms with Gasteiger partial charge in [0.25, 0.3) is 0 Å². The Morgan fingerprint density at radius 2 is 0.420 bits per heavy atom. The first-order valence-corrected chi connectivity index (χ1v) is 37.2. The van der Waals surface area contributed by atoms with E-state index in [1.807, 2.05) is 0 Å². The number of hydrogen-bond donors (Lipinski definition) is 0. The Morgan fingerprint density at radius 1 is 0.235 bits per heavy atom. The van der Waals surface area contributed by atoms with Gasteiger partial charge in [0.1, 0.15) is 13.2 Å². The van der Waals surface area contributed by atoms with Crippen LogP contribution in [0.3, 0.4) is 0 Å². The molecule has 81 heavy (non-hydrogen) atoms. The van der Waals surface area contributed by atoms with Gasteiger partial charge in [-0.15, -0.1) is 0 Å². The maximum Gasteiger partial charge on any atom is 0.306 e. The highest BCUT2D eigenvalue weighted by Crippen LogP contribution is 2.20. The molecule has 480 valence electrons. The minimum atomic E-state index is -0.769. The molecule has 0 aliphatic heterocycles. The Balaban J connectivity index is 4.02. The monoisotopic (exact) mass is 1140 g/mol. The second-order valence-electron chi connectivity index (χ2n) is 25.6. The van der Waals surface area contributed by atoms with E-state index < -0.39 is 6.10 Å². The molecule has 0 aliphatic carbocycles. The van der Waals surface area contributed by atoms with Crippen LogP contribution in [0.4, 0.5) is 0 Å². The normalized spacial score (nSPS) is 12.0. The van der Waals surface area contributed by atoms with E-state index in [1.165, 1.54) is 327 Å². The Hall–Kier alpha value is -1.85. The first kappa shape index (κ1) is 79.2. The summed E-state index contributed by atoms with van der Waals surface area (Å²) in [5.41, 5.74) is 0. The third-order valence-electron chi connectivity index (χ3n) is 17.3. The number of rotatable bonds is 70. The van der Waals surface area contributed by atoms with Gasteiger partial charge in [0.2, 0.25) is 0 Å². The fourth-order valence-corrected chi connectivity index (χ4v) is 11.7. The second-order valence-corrected chi connectivity index (χ2v) is 25.6. The summed E-state index contributed by atoms with van der Waals surface area (Å²) in [5, 5.41) is 0. The quantitative estimate of drug-likeness (QED) is 0.0261. The van der Waals surface area contributed by atoms with Crippen LogP contribution >= 0.6 is 0 Å². The summed E-state index contributed by atoms with van der Waals surface area (Å²) < 4.78 is 17.0. The lowest BCUT2D eigenvalue weighted by Gasteiger charge is -2.18. The smallest absolute Gasteiger partial charge is 0.306 e. The number of unbranched alkanes of at least 4 members (excludes halogenated alkanes) is 57. The Bertz CT molecular complexity index is 1260. The average molecular weight is 1140 g/mol. The van der Waals surface area contributed by atoms with Gasteiger partial charge in [-0.05, 0) is 38.5 Å². The fourth-order valence-electron chi connectivity index (χ4n) is 11.7. The van der Waals surface area contributed by atoms with Crippen molar-refractivity contribution in [3.05, 3.63) is 12.2 Å². The zero-order valence-corrected chi connectivity index (χ0v) is 55.4. The van der Waals surface area contributed by atoms with E-state index in [2.05, 4.69) is 32.9 Å².